The highest BCUT2D eigenvalue weighted by molar-refractivity contribution is 7.16. The van der Waals surface area contributed by atoms with Crippen LogP contribution in [0.1, 0.15) is 17.8 Å². The fourth-order valence-electron chi connectivity index (χ4n) is 1.79. The summed E-state index contributed by atoms with van der Waals surface area (Å²) in [5, 5.41) is 6.00. The molecule has 2 aromatic rings. The molecule has 21 heavy (non-hydrogen) atoms. The third-order valence-corrected chi connectivity index (χ3v) is 4.38. The maximum atomic E-state index is 11.9. The molecule has 1 heterocycles. The summed E-state index contributed by atoms with van der Waals surface area (Å²) in [4.78, 5) is 13.0. The van der Waals surface area contributed by atoms with E-state index in [0.717, 1.165) is 20.7 Å². The van der Waals surface area contributed by atoms with E-state index >= 15 is 0 Å². The summed E-state index contributed by atoms with van der Waals surface area (Å²) in [5.74, 6) is 0.670. The van der Waals surface area contributed by atoms with Gasteiger partial charge in [0.25, 0.3) is 0 Å². The van der Waals surface area contributed by atoms with Gasteiger partial charge in [-0.2, -0.15) is 0 Å². The van der Waals surface area contributed by atoms with Crippen LogP contribution in [0, 0.1) is 0 Å². The third kappa shape index (κ3) is 4.74. The molecule has 0 bridgehead atoms. The fraction of sp³-hybridized carbons (Fsp3) is 0.267. The highest BCUT2D eigenvalue weighted by Gasteiger charge is 2.10. The molecule has 0 aliphatic carbocycles. The maximum Gasteiger partial charge on any atom is 0.238 e. The number of halogens is 1. The van der Waals surface area contributed by atoms with Gasteiger partial charge in [0.05, 0.1) is 18.0 Å². The van der Waals surface area contributed by atoms with Crippen molar-refractivity contribution in [1.82, 2.24) is 5.32 Å². The quantitative estimate of drug-likeness (QED) is 0.852. The first-order chi connectivity index (χ1) is 10.1. The number of thiophene rings is 1. The van der Waals surface area contributed by atoms with Crippen molar-refractivity contribution in [3.63, 3.8) is 0 Å². The molecule has 1 atom stereocenters. The van der Waals surface area contributed by atoms with Crippen molar-refractivity contribution >= 4 is 34.5 Å². The highest BCUT2D eigenvalue weighted by Crippen LogP contribution is 2.26. The normalized spacial score (nSPS) is 12.0. The molecule has 0 saturated heterocycles. The standard InChI is InChI=1S/C15H17ClN2O2S/c1-10(13-7-8-14(16)21-13)17-9-15(19)18-11-3-5-12(20-2)6-4-11/h3-8,10,17H,9H2,1-2H3,(H,18,19). The molecule has 1 aromatic carbocycles. The van der Waals surface area contributed by atoms with Gasteiger partial charge in [0.1, 0.15) is 5.75 Å². The number of carbonyl (C=O) groups excluding carboxylic acids is 1. The first kappa shape index (κ1) is 15.8. The minimum absolute atomic E-state index is 0.0871. The Morgan fingerprint density at radius 3 is 2.57 bits per heavy atom. The van der Waals surface area contributed by atoms with E-state index in [2.05, 4.69) is 10.6 Å². The molecule has 1 unspecified atom stereocenters. The van der Waals surface area contributed by atoms with Crippen LogP contribution in [-0.4, -0.2) is 19.6 Å². The lowest BCUT2D eigenvalue weighted by Gasteiger charge is -2.12. The number of methoxy groups -OCH3 is 1. The van der Waals surface area contributed by atoms with Gasteiger partial charge in [0, 0.05) is 16.6 Å². The van der Waals surface area contributed by atoms with E-state index < -0.39 is 0 Å². The number of nitrogens with one attached hydrogen (secondary N) is 2. The molecule has 4 nitrogen and oxygen atoms in total. The number of benzene rings is 1. The van der Waals surface area contributed by atoms with E-state index in [0.29, 0.717) is 0 Å². The molecule has 0 aliphatic heterocycles. The van der Waals surface area contributed by atoms with Crippen molar-refractivity contribution in [2.75, 3.05) is 19.0 Å². The second-order valence-corrected chi connectivity index (χ2v) is 6.27. The lowest BCUT2D eigenvalue weighted by atomic mass is 10.2. The topological polar surface area (TPSA) is 50.4 Å². The average Bonchev–Trinajstić information content (AvgIpc) is 2.92. The Hall–Kier alpha value is -1.56. The molecule has 0 spiro atoms. The predicted molar refractivity (Wildman–Crippen MR) is 87.4 cm³/mol. The molecule has 0 radical (unpaired) electrons. The second kappa shape index (κ2) is 7.45. The zero-order valence-electron chi connectivity index (χ0n) is 11.9. The number of hydrogen-bond acceptors (Lipinski definition) is 4. The summed E-state index contributed by atoms with van der Waals surface area (Å²) in [6, 6.07) is 11.1. The van der Waals surface area contributed by atoms with Gasteiger partial charge in [0.15, 0.2) is 0 Å². The zero-order valence-corrected chi connectivity index (χ0v) is 13.4. The van der Waals surface area contributed by atoms with Gasteiger partial charge >= 0.3 is 0 Å². The summed E-state index contributed by atoms with van der Waals surface area (Å²) < 4.78 is 5.82. The van der Waals surface area contributed by atoms with Gasteiger partial charge in [-0.15, -0.1) is 11.3 Å². The van der Waals surface area contributed by atoms with Gasteiger partial charge in [-0.3, -0.25) is 4.79 Å². The van der Waals surface area contributed by atoms with Gasteiger partial charge < -0.3 is 15.4 Å². The highest BCUT2D eigenvalue weighted by atomic mass is 35.5. The van der Waals surface area contributed by atoms with Gasteiger partial charge in [0.2, 0.25) is 5.91 Å². The Balaban J connectivity index is 1.81. The molecule has 112 valence electrons. The lowest BCUT2D eigenvalue weighted by molar-refractivity contribution is -0.115. The van der Waals surface area contributed by atoms with E-state index in [1.807, 2.05) is 19.1 Å². The van der Waals surface area contributed by atoms with Crippen LogP contribution in [0.5, 0.6) is 5.75 Å². The number of hydrogen-bond donors (Lipinski definition) is 2. The molecular formula is C15H17ClN2O2S. The van der Waals surface area contributed by atoms with E-state index in [9.17, 15) is 4.79 Å². The third-order valence-electron chi connectivity index (χ3n) is 2.96. The van der Waals surface area contributed by atoms with E-state index in [1.54, 1.807) is 31.4 Å². The van der Waals surface area contributed by atoms with Gasteiger partial charge in [-0.1, -0.05) is 11.6 Å². The van der Waals surface area contributed by atoms with Crippen LogP contribution in [0.15, 0.2) is 36.4 Å². The number of ether oxygens (including phenoxy) is 1. The second-order valence-electron chi connectivity index (χ2n) is 4.52. The van der Waals surface area contributed by atoms with Crippen LogP contribution in [0.4, 0.5) is 5.69 Å². The van der Waals surface area contributed by atoms with Crippen molar-refractivity contribution in [3.8, 4) is 5.75 Å². The Bertz CT molecular complexity index is 598. The Morgan fingerprint density at radius 2 is 2.00 bits per heavy atom. The number of amides is 1. The van der Waals surface area contributed by atoms with Crippen molar-refractivity contribution < 1.29 is 9.53 Å². The molecule has 1 aromatic heterocycles. The molecule has 0 fully saturated rings. The monoisotopic (exact) mass is 324 g/mol. The average molecular weight is 325 g/mol. The Kier molecular flexibility index (Phi) is 5.61. The van der Waals surface area contributed by atoms with Gasteiger partial charge in [-0.05, 0) is 43.3 Å². The van der Waals surface area contributed by atoms with Gasteiger partial charge in [-0.25, -0.2) is 0 Å². The summed E-state index contributed by atoms with van der Waals surface area (Å²) >= 11 is 7.41. The minimum Gasteiger partial charge on any atom is -0.497 e. The molecule has 1 amide bonds. The van der Waals surface area contributed by atoms with Crippen LogP contribution < -0.4 is 15.4 Å². The Morgan fingerprint density at radius 1 is 1.29 bits per heavy atom. The minimum atomic E-state index is -0.0883. The molecule has 0 aliphatic rings. The molecular weight excluding hydrogens is 308 g/mol. The lowest BCUT2D eigenvalue weighted by Crippen LogP contribution is -2.29. The van der Waals surface area contributed by atoms with Crippen LogP contribution in [0.3, 0.4) is 0 Å². The SMILES string of the molecule is COc1ccc(NC(=O)CNC(C)c2ccc(Cl)s2)cc1. The predicted octanol–water partition coefficient (Wildman–Crippen LogP) is 3.70. The number of carbonyl (C=O) groups is 1. The van der Waals surface area contributed by atoms with Crippen molar-refractivity contribution in [1.29, 1.82) is 0 Å². The number of rotatable bonds is 6. The fourth-order valence-corrected chi connectivity index (χ4v) is 2.87. The molecule has 2 N–H and O–H groups in total. The largest absolute Gasteiger partial charge is 0.497 e. The van der Waals surface area contributed by atoms with E-state index in [1.165, 1.54) is 11.3 Å². The Labute approximate surface area is 133 Å². The number of anilines is 1. The summed E-state index contributed by atoms with van der Waals surface area (Å²) in [7, 11) is 1.61. The van der Waals surface area contributed by atoms with Crippen LogP contribution in [-0.2, 0) is 4.79 Å². The van der Waals surface area contributed by atoms with E-state index in [-0.39, 0.29) is 18.5 Å². The van der Waals surface area contributed by atoms with Crippen LogP contribution in [0.25, 0.3) is 0 Å². The molecule has 2 rings (SSSR count). The van der Waals surface area contributed by atoms with Crippen LogP contribution in [0.2, 0.25) is 4.34 Å². The van der Waals surface area contributed by atoms with Crippen molar-refractivity contribution in [2.24, 2.45) is 0 Å². The summed E-state index contributed by atoms with van der Waals surface area (Å²) in [5.41, 5.74) is 0.745. The molecule has 6 heteroatoms. The zero-order chi connectivity index (χ0) is 15.2. The maximum absolute atomic E-state index is 11.9. The first-order valence-electron chi connectivity index (χ1n) is 6.51. The molecule has 0 saturated carbocycles. The summed E-state index contributed by atoms with van der Waals surface area (Å²) in [6.45, 7) is 2.24. The first-order valence-corrected chi connectivity index (χ1v) is 7.70. The van der Waals surface area contributed by atoms with Crippen molar-refractivity contribution in [3.05, 3.63) is 45.6 Å². The smallest absolute Gasteiger partial charge is 0.238 e. The van der Waals surface area contributed by atoms with E-state index in [4.69, 9.17) is 16.3 Å². The van der Waals surface area contributed by atoms with Crippen molar-refractivity contribution in [2.45, 2.75) is 13.0 Å². The van der Waals surface area contributed by atoms with Crippen LogP contribution >= 0.6 is 22.9 Å². The summed E-state index contributed by atoms with van der Waals surface area (Å²) in [6.07, 6.45) is 0.